The average Bonchev–Trinajstić information content (AvgIpc) is 2.38. The third-order valence-corrected chi connectivity index (χ3v) is 6.79. The molecule has 106 valence electrons. The fourth-order valence-electron chi connectivity index (χ4n) is 2.21. The molecule has 4 nitrogen and oxygen atoms in total. The normalized spacial score (nSPS) is 18.7. The van der Waals surface area contributed by atoms with Gasteiger partial charge in [0.25, 0.3) is 0 Å². The number of hydrogen-bond acceptors (Lipinski definition) is 3. The van der Waals surface area contributed by atoms with Crippen LogP contribution in [0.5, 0.6) is 0 Å². The maximum atomic E-state index is 12.6. The Morgan fingerprint density at radius 1 is 1.26 bits per heavy atom. The maximum absolute atomic E-state index is 12.6. The van der Waals surface area contributed by atoms with Crippen LogP contribution >= 0.6 is 31.9 Å². The van der Waals surface area contributed by atoms with Crippen LogP contribution in [0.2, 0.25) is 0 Å². The highest BCUT2D eigenvalue weighted by Gasteiger charge is 2.30. The van der Waals surface area contributed by atoms with Gasteiger partial charge in [-0.25, -0.2) is 8.42 Å². The third kappa shape index (κ3) is 3.39. The second-order valence-electron chi connectivity index (χ2n) is 4.66. The predicted octanol–water partition coefficient (Wildman–Crippen LogP) is 2.57. The van der Waals surface area contributed by atoms with Crippen LogP contribution in [0, 0.1) is 5.92 Å². The highest BCUT2D eigenvalue weighted by atomic mass is 79.9. The van der Waals surface area contributed by atoms with Crippen molar-refractivity contribution in [2.75, 3.05) is 19.6 Å². The van der Waals surface area contributed by atoms with Gasteiger partial charge in [-0.05, 0) is 59.4 Å². The Hall–Kier alpha value is 0.0500. The number of piperidine rings is 1. The Kier molecular flexibility index (Phi) is 5.05. The van der Waals surface area contributed by atoms with Gasteiger partial charge in [-0.2, -0.15) is 4.31 Å². The van der Waals surface area contributed by atoms with Crippen molar-refractivity contribution in [3.05, 3.63) is 27.1 Å². The van der Waals surface area contributed by atoms with Gasteiger partial charge in [-0.1, -0.05) is 15.9 Å². The summed E-state index contributed by atoms with van der Waals surface area (Å²) in [5.41, 5.74) is 5.63. The minimum atomic E-state index is -3.42. The summed E-state index contributed by atoms with van der Waals surface area (Å²) in [6, 6.07) is 5.11. The highest BCUT2D eigenvalue weighted by Crippen LogP contribution is 2.30. The number of hydrogen-bond donors (Lipinski definition) is 1. The van der Waals surface area contributed by atoms with E-state index < -0.39 is 10.0 Å². The van der Waals surface area contributed by atoms with Gasteiger partial charge in [0.1, 0.15) is 0 Å². The molecule has 2 rings (SSSR count). The molecule has 1 aromatic carbocycles. The standard InChI is InChI=1S/C12H16Br2N2O2S/c13-10-1-2-12(11(14)7-10)19(17,18)16-5-3-9(8-15)4-6-16/h1-2,7,9H,3-6,8,15H2. The van der Waals surface area contributed by atoms with Crippen molar-refractivity contribution in [3.8, 4) is 0 Å². The molecule has 0 aliphatic carbocycles. The Labute approximate surface area is 130 Å². The lowest BCUT2D eigenvalue weighted by molar-refractivity contribution is 0.278. The van der Waals surface area contributed by atoms with Crippen LogP contribution in [-0.2, 0) is 10.0 Å². The maximum Gasteiger partial charge on any atom is 0.244 e. The van der Waals surface area contributed by atoms with E-state index in [1.807, 2.05) is 0 Å². The number of nitrogens with two attached hydrogens (primary N) is 1. The van der Waals surface area contributed by atoms with Crippen LogP contribution in [0.25, 0.3) is 0 Å². The van der Waals surface area contributed by atoms with E-state index in [-0.39, 0.29) is 0 Å². The van der Waals surface area contributed by atoms with E-state index >= 15 is 0 Å². The first-order valence-electron chi connectivity index (χ1n) is 6.10. The van der Waals surface area contributed by atoms with Crippen molar-refractivity contribution >= 4 is 41.9 Å². The summed E-state index contributed by atoms with van der Waals surface area (Å²) >= 11 is 6.64. The summed E-state index contributed by atoms with van der Waals surface area (Å²) in [5, 5.41) is 0. The predicted molar refractivity (Wildman–Crippen MR) is 82.4 cm³/mol. The average molecular weight is 412 g/mol. The van der Waals surface area contributed by atoms with E-state index in [0.29, 0.717) is 34.9 Å². The fourth-order valence-corrected chi connectivity index (χ4v) is 5.38. The summed E-state index contributed by atoms with van der Waals surface area (Å²) in [5.74, 6) is 0.444. The number of sulfonamides is 1. The molecule has 1 aliphatic rings. The smallest absolute Gasteiger partial charge is 0.244 e. The van der Waals surface area contributed by atoms with Gasteiger partial charge in [0, 0.05) is 22.0 Å². The monoisotopic (exact) mass is 410 g/mol. The first-order chi connectivity index (χ1) is 8.95. The van der Waals surface area contributed by atoms with Crippen molar-refractivity contribution in [1.82, 2.24) is 4.31 Å². The molecule has 1 heterocycles. The lowest BCUT2D eigenvalue weighted by atomic mass is 9.99. The van der Waals surface area contributed by atoms with Crippen molar-refractivity contribution < 1.29 is 8.42 Å². The van der Waals surface area contributed by atoms with E-state index in [9.17, 15) is 8.42 Å². The molecule has 0 saturated carbocycles. The fraction of sp³-hybridized carbons (Fsp3) is 0.500. The SMILES string of the molecule is NCC1CCN(S(=O)(=O)c2ccc(Br)cc2Br)CC1. The van der Waals surface area contributed by atoms with Crippen molar-refractivity contribution in [2.24, 2.45) is 11.7 Å². The number of nitrogens with zero attached hydrogens (tertiary/aromatic N) is 1. The summed E-state index contributed by atoms with van der Waals surface area (Å²) < 4.78 is 28.1. The molecule has 0 unspecified atom stereocenters. The van der Waals surface area contributed by atoms with Crippen LogP contribution in [0.4, 0.5) is 0 Å². The Morgan fingerprint density at radius 2 is 1.89 bits per heavy atom. The molecule has 19 heavy (non-hydrogen) atoms. The zero-order valence-corrected chi connectivity index (χ0v) is 14.3. The van der Waals surface area contributed by atoms with Crippen molar-refractivity contribution in [3.63, 3.8) is 0 Å². The first kappa shape index (κ1) is 15.4. The van der Waals surface area contributed by atoms with Crippen LogP contribution in [0.15, 0.2) is 32.0 Å². The van der Waals surface area contributed by atoms with Gasteiger partial charge in [0.05, 0.1) is 4.90 Å². The zero-order valence-electron chi connectivity index (χ0n) is 10.4. The summed E-state index contributed by atoms with van der Waals surface area (Å²) in [4.78, 5) is 0.321. The van der Waals surface area contributed by atoms with E-state index in [0.717, 1.165) is 17.3 Å². The molecule has 1 aliphatic heterocycles. The first-order valence-corrected chi connectivity index (χ1v) is 9.13. The largest absolute Gasteiger partial charge is 0.330 e. The molecule has 0 amide bonds. The Balaban J connectivity index is 2.23. The molecule has 1 aromatic rings. The Bertz CT molecular complexity index is 555. The summed E-state index contributed by atoms with van der Waals surface area (Å²) in [6.07, 6.45) is 1.67. The molecule has 0 atom stereocenters. The molecular formula is C12H16Br2N2O2S. The van der Waals surface area contributed by atoms with Crippen molar-refractivity contribution in [1.29, 1.82) is 0 Å². The minimum absolute atomic E-state index is 0.321. The molecule has 0 bridgehead atoms. The number of rotatable bonds is 3. The van der Waals surface area contributed by atoms with Crippen LogP contribution in [0.3, 0.4) is 0 Å². The summed E-state index contributed by atoms with van der Waals surface area (Å²) in [6.45, 7) is 1.73. The Morgan fingerprint density at radius 3 is 2.42 bits per heavy atom. The molecule has 0 radical (unpaired) electrons. The lowest BCUT2D eigenvalue weighted by Crippen LogP contribution is -2.40. The van der Waals surface area contributed by atoms with E-state index in [1.54, 1.807) is 22.5 Å². The van der Waals surface area contributed by atoms with Gasteiger partial charge in [0.2, 0.25) is 10.0 Å². The number of halogens is 2. The molecule has 7 heteroatoms. The third-order valence-electron chi connectivity index (χ3n) is 3.42. The van der Waals surface area contributed by atoms with E-state index in [1.165, 1.54) is 0 Å². The molecule has 1 saturated heterocycles. The molecule has 1 fully saturated rings. The second kappa shape index (κ2) is 6.22. The molecule has 0 aromatic heterocycles. The van der Waals surface area contributed by atoms with Gasteiger partial charge in [0.15, 0.2) is 0 Å². The lowest BCUT2D eigenvalue weighted by Gasteiger charge is -2.30. The van der Waals surface area contributed by atoms with Crippen molar-refractivity contribution in [2.45, 2.75) is 17.7 Å². The van der Waals surface area contributed by atoms with Crippen LogP contribution in [0.1, 0.15) is 12.8 Å². The van der Waals surface area contributed by atoms with Gasteiger partial charge >= 0.3 is 0 Å². The van der Waals surface area contributed by atoms with E-state index in [2.05, 4.69) is 31.9 Å². The molecular weight excluding hydrogens is 396 g/mol. The van der Waals surface area contributed by atoms with Crippen LogP contribution in [-0.4, -0.2) is 32.4 Å². The number of benzene rings is 1. The highest BCUT2D eigenvalue weighted by molar-refractivity contribution is 9.11. The van der Waals surface area contributed by atoms with Crippen LogP contribution < -0.4 is 5.73 Å². The topological polar surface area (TPSA) is 63.4 Å². The van der Waals surface area contributed by atoms with E-state index in [4.69, 9.17) is 5.73 Å². The van der Waals surface area contributed by atoms with Gasteiger partial charge in [-0.15, -0.1) is 0 Å². The van der Waals surface area contributed by atoms with Gasteiger partial charge in [-0.3, -0.25) is 0 Å². The quantitative estimate of drug-likeness (QED) is 0.831. The minimum Gasteiger partial charge on any atom is -0.330 e. The van der Waals surface area contributed by atoms with Gasteiger partial charge < -0.3 is 5.73 Å². The summed E-state index contributed by atoms with van der Waals surface area (Å²) in [7, 11) is -3.42. The molecule has 0 spiro atoms. The zero-order chi connectivity index (χ0) is 14.0. The second-order valence-corrected chi connectivity index (χ2v) is 8.33. The molecule has 2 N–H and O–H groups in total.